The number of nitrogens with two attached hydrogens (primary N) is 1. The van der Waals surface area contributed by atoms with Crippen molar-refractivity contribution < 1.29 is 9.13 Å². The second kappa shape index (κ2) is 7.25. The number of rotatable bonds is 5. The van der Waals surface area contributed by atoms with Gasteiger partial charge in [0.1, 0.15) is 17.3 Å². The summed E-state index contributed by atoms with van der Waals surface area (Å²) in [5.41, 5.74) is 6.99. The molecule has 2 rings (SSSR count). The van der Waals surface area contributed by atoms with Crippen molar-refractivity contribution in [3.8, 4) is 11.5 Å². The molecule has 0 fully saturated rings. The van der Waals surface area contributed by atoms with E-state index in [1.807, 2.05) is 19.1 Å². The first-order chi connectivity index (χ1) is 9.99. The van der Waals surface area contributed by atoms with Gasteiger partial charge in [0.15, 0.2) is 0 Å². The van der Waals surface area contributed by atoms with E-state index in [2.05, 4.69) is 15.9 Å². The molecule has 2 nitrogen and oxygen atoms in total. The topological polar surface area (TPSA) is 35.2 Å². The van der Waals surface area contributed by atoms with Gasteiger partial charge in [-0.15, -0.1) is 0 Å². The third-order valence-electron chi connectivity index (χ3n) is 3.14. The summed E-state index contributed by atoms with van der Waals surface area (Å²) in [4.78, 5) is 0. The van der Waals surface area contributed by atoms with Crippen LogP contribution in [0.3, 0.4) is 0 Å². The molecule has 1 unspecified atom stereocenters. The minimum atomic E-state index is -0.380. The second-order valence-electron chi connectivity index (χ2n) is 4.82. The SMILES string of the molecule is CCC(N)Cc1ccc(Oc2ccc(Br)c(F)c2)c(Cl)c1. The maximum atomic E-state index is 13.5. The van der Waals surface area contributed by atoms with E-state index in [0.717, 1.165) is 18.4 Å². The lowest BCUT2D eigenvalue weighted by Gasteiger charge is -2.12. The highest BCUT2D eigenvalue weighted by Crippen LogP contribution is 2.31. The number of hydrogen-bond donors (Lipinski definition) is 1. The largest absolute Gasteiger partial charge is 0.456 e. The Kier molecular flexibility index (Phi) is 5.62. The van der Waals surface area contributed by atoms with Crippen molar-refractivity contribution in [3.05, 3.63) is 57.3 Å². The van der Waals surface area contributed by atoms with Gasteiger partial charge in [-0.1, -0.05) is 24.6 Å². The van der Waals surface area contributed by atoms with Gasteiger partial charge in [-0.2, -0.15) is 0 Å². The van der Waals surface area contributed by atoms with Crippen LogP contribution < -0.4 is 10.5 Å². The molecule has 0 saturated heterocycles. The van der Waals surface area contributed by atoms with E-state index in [0.29, 0.717) is 21.0 Å². The lowest BCUT2D eigenvalue weighted by atomic mass is 10.0. The van der Waals surface area contributed by atoms with Gasteiger partial charge in [0, 0.05) is 12.1 Å². The van der Waals surface area contributed by atoms with Gasteiger partial charge < -0.3 is 10.5 Å². The van der Waals surface area contributed by atoms with Gasteiger partial charge in [0.2, 0.25) is 0 Å². The molecule has 21 heavy (non-hydrogen) atoms. The highest BCUT2D eigenvalue weighted by molar-refractivity contribution is 9.10. The fraction of sp³-hybridized carbons (Fsp3) is 0.250. The predicted octanol–water partition coefficient (Wildman–Crippen LogP) is 5.31. The molecule has 0 bridgehead atoms. The molecule has 2 N–H and O–H groups in total. The summed E-state index contributed by atoms with van der Waals surface area (Å²) in [7, 11) is 0. The molecule has 0 aliphatic rings. The number of benzene rings is 2. The average molecular weight is 373 g/mol. The molecule has 0 aromatic heterocycles. The summed E-state index contributed by atoms with van der Waals surface area (Å²) in [5.74, 6) is 0.511. The quantitative estimate of drug-likeness (QED) is 0.771. The molecule has 5 heteroatoms. The molecule has 0 saturated carbocycles. The van der Waals surface area contributed by atoms with Gasteiger partial charge in [-0.25, -0.2) is 4.39 Å². The normalized spacial score (nSPS) is 12.2. The van der Waals surface area contributed by atoms with Gasteiger partial charge in [-0.05, 0) is 58.6 Å². The number of hydrogen-bond acceptors (Lipinski definition) is 2. The van der Waals surface area contributed by atoms with E-state index in [4.69, 9.17) is 22.1 Å². The Hall–Kier alpha value is -1.10. The molecule has 0 amide bonds. The lowest BCUT2D eigenvalue weighted by molar-refractivity contribution is 0.476. The zero-order chi connectivity index (χ0) is 15.4. The Bertz CT molecular complexity index is 636. The van der Waals surface area contributed by atoms with Crippen LogP contribution in [-0.4, -0.2) is 6.04 Å². The molecule has 0 aliphatic carbocycles. The Balaban J connectivity index is 2.15. The smallest absolute Gasteiger partial charge is 0.146 e. The standard InChI is InChI=1S/C16H16BrClFNO/c1-2-11(20)7-10-3-6-16(14(18)8-10)21-12-4-5-13(17)15(19)9-12/h3-6,8-9,11H,2,7,20H2,1H3. The van der Waals surface area contributed by atoms with Gasteiger partial charge in [0.05, 0.1) is 9.50 Å². The van der Waals surface area contributed by atoms with Gasteiger partial charge in [0.25, 0.3) is 0 Å². The fourth-order valence-electron chi connectivity index (χ4n) is 1.87. The molecule has 0 radical (unpaired) electrons. The van der Waals surface area contributed by atoms with E-state index in [9.17, 15) is 4.39 Å². The average Bonchev–Trinajstić information content (AvgIpc) is 2.45. The van der Waals surface area contributed by atoms with Crippen LogP contribution in [0.5, 0.6) is 11.5 Å². The van der Waals surface area contributed by atoms with Crippen LogP contribution in [0, 0.1) is 5.82 Å². The van der Waals surface area contributed by atoms with Crippen molar-refractivity contribution in [2.24, 2.45) is 5.73 Å². The lowest BCUT2D eigenvalue weighted by Crippen LogP contribution is -2.21. The van der Waals surface area contributed by atoms with Crippen LogP contribution in [-0.2, 0) is 6.42 Å². The first-order valence-electron chi connectivity index (χ1n) is 6.66. The third-order valence-corrected chi connectivity index (χ3v) is 4.08. The van der Waals surface area contributed by atoms with Gasteiger partial charge >= 0.3 is 0 Å². The molecular formula is C16H16BrClFNO. The van der Waals surface area contributed by atoms with Crippen molar-refractivity contribution >= 4 is 27.5 Å². The molecule has 2 aromatic carbocycles. The third kappa shape index (κ3) is 4.43. The van der Waals surface area contributed by atoms with E-state index < -0.39 is 0 Å². The van der Waals surface area contributed by atoms with E-state index in [1.54, 1.807) is 18.2 Å². The van der Waals surface area contributed by atoms with Crippen LogP contribution in [0.2, 0.25) is 5.02 Å². The van der Waals surface area contributed by atoms with Gasteiger partial charge in [-0.3, -0.25) is 0 Å². The zero-order valence-corrected chi connectivity index (χ0v) is 13.9. The highest BCUT2D eigenvalue weighted by atomic mass is 79.9. The summed E-state index contributed by atoms with van der Waals surface area (Å²) in [6.07, 6.45) is 1.68. The van der Waals surface area contributed by atoms with Crippen LogP contribution in [0.15, 0.2) is 40.9 Å². The molecule has 1 atom stereocenters. The maximum absolute atomic E-state index is 13.5. The predicted molar refractivity (Wildman–Crippen MR) is 87.6 cm³/mol. The van der Waals surface area contributed by atoms with Crippen molar-refractivity contribution in [1.29, 1.82) is 0 Å². The first-order valence-corrected chi connectivity index (χ1v) is 7.83. The summed E-state index contributed by atoms with van der Waals surface area (Å²) in [5, 5.41) is 0.485. The highest BCUT2D eigenvalue weighted by Gasteiger charge is 2.08. The Morgan fingerprint density at radius 2 is 2.05 bits per heavy atom. The molecule has 0 aliphatic heterocycles. The minimum absolute atomic E-state index is 0.119. The van der Waals surface area contributed by atoms with E-state index in [1.165, 1.54) is 6.07 Å². The Morgan fingerprint density at radius 1 is 1.29 bits per heavy atom. The first kappa shape index (κ1) is 16.3. The van der Waals surface area contributed by atoms with Crippen molar-refractivity contribution in [1.82, 2.24) is 0 Å². The van der Waals surface area contributed by atoms with Crippen LogP contribution >= 0.6 is 27.5 Å². The summed E-state index contributed by atoms with van der Waals surface area (Å²) in [6, 6.07) is 10.2. The zero-order valence-electron chi connectivity index (χ0n) is 11.6. The molecule has 2 aromatic rings. The molecular weight excluding hydrogens is 357 g/mol. The molecule has 0 spiro atoms. The van der Waals surface area contributed by atoms with E-state index >= 15 is 0 Å². The number of ether oxygens (including phenoxy) is 1. The van der Waals surface area contributed by atoms with Crippen LogP contribution in [0.1, 0.15) is 18.9 Å². The van der Waals surface area contributed by atoms with E-state index in [-0.39, 0.29) is 11.9 Å². The second-order valence-corrected chi connectivity index (χ2v) is 6.08. The number of halogens is 3. The maximum Gasteiger partial charge on any atom is 0.146 e. The Morgan fingerprint density at radius 3 is 2.67 bits per heavy atom. The summed E-state index contributed by atoms with van der Waals surface area (Å²) >= 11 is 9.31. The van der Waals surface area contributed by atoms with Crippen molar-refractivity contribution in [2.75, 3.05) is 0 Å². The van der Waals surface area contributed by atoms with Crippen LogP contribution in [0.4, 0.5) is 4.39 Å². The monoisotopic (exact) mass is 371 g/mol. The molecule has 112 valence electrons. The summed E-state index contributed by atoms with van der Waals surface area (Å²) < 4.78 is 19.5. The minimum Gasteiger partial charge on any atom is -0.456 e. The molecule has 0 heterocycles. The fourth-order valence-corrected chi connectivity index (χ4v) is 2.36. The Labute approximate surface area is 137 Å². The van der Waals surface area contributed by atoms with Crippen molar-refractivity contribution in [2.45, 2.75) is 25.8 Å². The van der Waals surface area contributed by atoms with Crippen molar-refractivity contribution in [3.63, 3.8) is 0 Å². The summed E-state index contributed by atoms with van der Waals surface area (Å²) in [6.45, 7) is 2.05. The van der Waals surface area contributed by atoms with Crippen LogP contribution in [0.25, 0.3) is 0 Å².